The van der Waals surface area contributed by atoms with E-state index in [2.05, 4.69) is 4.74 Å². The second-order valence-electron chi connectivity index (χ2n) is 4.94. The third-order valence-corrected chi connectivity index (χ3v) is 5.32. The van der Waals surface area contributed by atoms with E-state index in [0.717, 1.165) is 5.56 Å². The number of carbonyl (C=O) groups is 1. The molecule has 5 nitrogen and oxygen atoms in total. The number of nitrogen functional groups attached to an aromatic ring is 1. The van der Waals surface area contributed by atoms with Gasteiger partial charge in [-0.15, -0.1) is 11.8 Å². The van der Waals surface area contributed by atoms with Gasteiger partial charge in [-0.05, 0) is 29.8 Å². The molecule has 0 aliphatic carbocycles. The zero-order chi connectivity index (χ0) is 17.7. The average Bonchev–Trinajstić information content (AvgIpc) is 2.60. The van der Waals surface area contributed by atoms with Crippen molar-refractivity contribution in [2.45, 2.75) is 16.2 Å². The lowest BCUT2D eigenvalue weighted by Gasteiger charge is -2.22. The summed E-state index contributed by atoms with van der Waals surface area (Å²) < 4.78 is 9.80. The van der Waals surface area contributed by atoms with Gasteiger partial charge in [0.15, 0.2) is 6.10 Å². The molecular formula is C17H18ClNO4S. The first-order valence-electron chi connectivity index (χ1n) is 7.08. The zero-order valence-corrected chi connectivity index (χ0v) is 14.8. The fourth-order valence-electron chi connectivity index (χ4n) is 2.13. The Bertz CT molecular complexity index is 688. The molecule has 0 fully saturated rings. The molecule has 24 heavy (non-hydrogen) atoms. The number of carbonyl (C=O) groups excluding carboxylic acids is 1. The molecule has 0 spiro atoms. The molecule has 0 radical (unpaired) electrons. The number of nitrogens with two attached hydrogens (primary N) is 1. The van der Waals surface area contributed by atoms with Crippen molar-refractivity contribution in [3.05, 3.63) is 53.1 Å². The van der Waals surface area contributed by atoms with Gasteiger partial charge in [0, 0.05) is 10.6 Å². The van der Waals surface area contributed by atoms with Crippen LogP contribution in [0.15, 0.2) is 47.4 Å². The Morgan fingerprint density at radius 3 is 2.42 bits per heavy atom. The van der Waals surface area contributed by atoms with Gasteiger partial charge >= 0.3 is 5.97 Å². The van der Waals surface area contributed by atoms with Crippen LogP contribution in [0.1, 0.15) is 10.8 Å². The van der Waals surface area contributed by atoms with Gasteiger partial charge in [-0.3, -0.25) is 0 Å². The fourth-order valence-corrected chi connectivity index (χ4v) is 3.62. The summed E-state index contributed by atoms with van der Waals surface area (Å²) in [7, 11) is 2.79. The number of thioether (sulfide) groups is 1. The van der Waals surface area contributed by atoms with Crippen molar-refractivity contribution >= 4 is 35.0 Å². The third-order valence-electron chi connectivity index (χ3n) is 3.42. The monoisotopic (exact) mass is 367 g/mol. The maximum Gasteiger partial charge on any atom is 0.336 e. The van der Waals surface area contributed by atoms with Crippen LogP contribution in [0.25, 0.3) is 0 Å². The summed E-state index contributed by atoms with van der Waals surface area (Å²) in [5, 5.41) is 10.2. The first-order chi connectivity index (χ1) is 11.5. The summed E-state index contributed by atoms with van der Waals surface area (Å²) in [6.45, 7) is 0. The summed E-state index contributed by atoms with van der Waals surface area (Å²) in [6.07, 6.45) is -1.37. The summed E-state index contributed by atoms with van der Waals surface area (Å²) in [5.41, 5.74) is 7.17. The summed E-state index contributed by atoms with van der Waals surface area (Å²) >= 11 is 7.42. The molecule has 0 heterocycles. The largest absolute Gasteiger partial charge is 0.497 e. The Balaban J connectivity index is 2.40. The highest BCUT2D eigenvalue weighted by molar-refractivity contribution is 7.99. The van der Waals surface area contributed by atoms with E-state index >= 15 is 0 Å². The Morgan fingerprint density at radius 1 is 1.21 bits per heavy atom. The van der Waals surface area contributed by atoms with Gasteiger partial charge in [-0.2, -0.15) is 0 Å². The van der Waals surface area contributed by atoms with Crippen LogP contribution in [0.2, 0.25) is 5.02 Å². The van der Waals surface area contributed by atoms with Crippen LogP contribution in [-0.4, -0.2) is 31.4 Å². The van der Waals surface area contributed by atoms with E-state index < -0.39 is 17.3 Å². The molecule has 2 atom stereocenters. The number of anilines is 1. The van der Waals surface area contributed by atoms with Crippen LogP contribution < -0.4 is 10.5 Å². The highest BCUT2D eigenvalue weighted by Gasteiger charge is 2.30. The summed E-state index contributed by atoms with van der Waals surface area (Å²) in [5.74, 6) is -0.0544. The van der Waals surface area contributed by atoms with Crippen LogP contribution in [0, 0.1) is 0 Å². The number of rotatable bonds is 6. The quantitative estimate of drug-likeness (QED) is 0.463. The number of ether oxygens (including phenoxy) is 2. The van der Waals surface area contributed by atoms with Crippen molar-refractivity contribution in [2.75, 3.05) is 20.0 Å². The van der Waals surface area contributed by atoms with E-state index in [1.807, 2.05) is 0 Å². The topological polar surface area (TPSA) is 81.8 Å². The molecule has 3 N–H and O–H groups in total. The van der Waals surface area contributed by atoms with E-state index in [1.54, 1.807) is 49.6 Å². The van der Waals surface area contributed by atoms with Crippen LogP contribution >= 0.6 is 23.4 Å². The summed E-state index contributed by atoms with van der Waals surface area (Å²) in [6, 6.07) is 12.2. The van der Waals surface area contributed by atoms with E-state index in [9.17, 15) is 9.90 Å². The molecule has 2 unspecified atom stereocenters. The van der Waals surface area contributed by atoms with Crippen molar-refractivity contribution in [1.82, 2.24) is 0 Å². The lowest BCUT2D eigenvalue weighted by Crippen LogP contribution is -2.27. The van der Waals surface area contributed by atoms with Gasteiger partial charge in [-0.25, -0.2) is 4.79 Å². The predicted octanol–water partition coefficient (Wildman–Crippen LogP) is 3.30. The molecule has 128 valence electrons. The lowest BCUT2D eigenvalue weighted by atomic mass is 10.1. The molecule has 0 saturated carbocycles. The molecular weight excluding hydrogens is 350 g/mol. The number of hydrogen-bond acceptors (Lipinski definition) is 6. The molecule has 0 aliphatic rings. The second-order valence-corrected chi connectivity index (χ2v) is 6.50. The van der Waals surface area contributed by atoms with Gasteiger partial charge in [0.1, 0.15) is 5.75 Å². The van der Waals surface area contributed by atoms with Gasteiger partial charge in [0.2, 0.25) is 0 Å². The Morgan fingerprint density at radius 2 is 1.88 bits per heavy atom. The third kappa shape index (κ3) is 4.14. The van der Waals surface area contributed by atoms with Gasteiger partial charge in [0.05, 0.1) is 24.5 Å². The molecule has 2 aromatic carbocycles. The van der Waals surface area contributed by atoms with Crippen molar-refractivity contribution < 1.29 is 19.4 Å². The minimum atomic E-state index is -1.37. The van der Waals surface area contributed by atoms with Crippen molar-refractivity contribution in [3.63, 3.8) is 0 Å². The van der Waals surface area contributed by atoms with Gasteiger partial charge in [-0.1, -0.05) is 29.8 Å². The van der Waals surface area contributed by atoms with Crippen molar-refractivity contribution in [3.8, 4) is 5.75 Å². The smallest absolute Gasteiger partial charge is 0.336 e. The Labute approximate surface area is 149 Å². The maximum atomic E-state index is 11.8. The number of hydrogen-bond donors (Lipinski definition) is 2. The Kier molecular flexibility index (Phi) is 6.36. The van der Waals surface area contributed by atoms with Crippen LogP contribution in [0.4, 0.5) is 5.69 Å². The molecule has 0 saturated heterocycles. The van der Waals surface area contributed by atoms with E-state index in [-0.39, 0.29) is 0 Å². The Hall–Kier alpha value is -1.89. The molecule has 7 heteroatoms. The number of benzene rings is 2. The molecule has 0 aromatic heterocycles. The van der Waals surface area contributed by atoms with Gasteiger partial charge < -0.3 is 20.3 Å². The molecule has 2 aromatic rings. The minimum Gasteiger partial charge on any atom is -0.497 e. The number of aliphatic hydroxyl groups excluding tert-OH is 1. The van der Waals surface area contributed by atoms with Crippen LogP contribution in [0.3, 0.4) is 0 Å². The van der Waals surface area contributed by atoms with Gasteiger partial charge in [0.25, 0.3) is 0 Å². The highest BCUT2D eigenvalue weighted by Crippen LogP contribution is 2.44. The highest BCUT2D eigenvalue weighted by atomic mass is 35.5. The zero-order valence-electron chi connectivity index (χ0n) is 13.2. The predicted molar refractivity (Wildman–Crippen MR) is 95.5 cm³/mol. The molecule has 0 aliphatic heterocycles. The molecule has 2 rings (SSSR count). The SMILES string of the molecule is COC(=O)C(O)C(Sc1c(N)cccc1Cl)c1ccc(OC)cc1. The first kappa shape index (κ1) is 18.4. The normalized spacial score (nSPS) is 13.2. The van der Waals surface area contributed by atoms with E-state index in [4.69, 9.17) is 22.1 Å². The molecule has 0 amide bonds. The standard InChI is InChI=1S/C17H18ClNO4S/c1-22-11-8-6-10(7-9-11)15(14(20)17(21)23-2)24-16-12(18)4-3-5-13(16)19/h3-9,14-15,20H,19H2,1-2H3. The van der Waals surface area contributed by atoms with E-state index in [0.29, 0.717) is 21.4 Å². The van der Waals surface area contributed by atoms with Crippen LogP contribution in [-0.2, 0) is 9.53 Å². The van der Waals surface area contributed by atoms with Crippen LogP contribution in [0.5, 0.6) is 5.75 Å². The minimum absolute atomic E-state index is 0.454. The number of aliphatic hydroxyl groups is 1. The number of methoxy groups -OCH3 is 2. The fraction of sp³-hybridized carbons (Fsp3) is 0.235. The van der Waals surface area contributed by atoms with Crippen molar-refractivity contribution in [2.24, 2.45) is 0 Å². The average molecular weight is 368 g/mol. The second kappa shape index (κ2) is 8.28. The number of halogens is 1. The lowest BCUT2D eigenvalue weighted by molar-refractivity contribution is -0.150. The maximum absolute atomic E-state index is 11.8. The summed E-state index contributed by atoms with van der Waals surface area (Å²) in [4.78, 5) is 12.4. The number of esters is 1. The first-order valence-corrected chi connectivity index (χ1v) is 8.34. The van der Waals surface area contributed by atoms with E-state index in [1.165, 1.54) is 18.9 Å². The van der Waals surface area contributed by atoms with Crippen molar-refractivity contribution in [1.29, 1.82) is 0 Å². The molecule has 0 bridgehead atoms.